The molecule has 0 aliphatic heterocycles. The largest absolute Gasteiger partial charge is 0.308 e. The van der Waals surface area contributed by atoms with E-state index in [1.165, 1.54) is 97.8 Å². The van der Waals surface area contributed by atoms with Gasteiger partial charge in [-0.25, -0.2) is 4.98 Å². The van der Waals surface area contributed by atoms with Crippen LogP contribution < -0.4 is 4.90 Å². The monoisotopic (exact) mass is 784 g/mol. The lowest BCUT2D eigenvalue weighted by atomic mass is 9.84. The van der Waals surface area contributed by atoms with Gasteiger partial charge in [0.05, 0.1) is 39.5 Å². The van der Waals surface area contributed by atoms with E-state index in [4.69, 9.17) is 4.98 Å². The number of anilines is 3. The number of para-hydroxylation sites is 2. The van der Waals surface area contributed by atoms with Gasteiger partial charge >= 0.3 is 0 Å². The lowest BCUT2D eigenvalue weighted by Crippen LogP contribution is -2.11. The summed E-state index contributed by atoms with van der Waals surface area (Å²) in [5.41, 5.74) is 12.9. The topological polar surface area (TPSA) is 24.9 Å². The van der Waals surface area contributed by atoms with Gasteiger partial charge < -0.3 is 9.30 Å². The summed E-state index contributed by atoms with van der Waals surface area (Å²) in [5.74, 6) is 0. The highest BCUT2D eigenvalue weighted by atomic mass is 15.2. The van der Waals surface area contributed by atoms with E-state index in [2.05, 4.69) is 213 Å². The molecule has 13 aromatic rings. The third-order valence-electron chi connectivity index (χ3n) is 13.6. The van der Waals surface area contributed by atoms with E-state index >= 15 is 0 Å². The fourth-order valence-corrected chi connectivity index (χ4v) is 10.6. The summed E-state index contributed by atoms with van der Waals surface area (Å²) < 4.78 is 5.04. The van der Waals surface area contributed by atoms with Gasteiger partial charge in [0.15, 0.2) is 0 Å². The van der Waals surface area contributed by atoms with Crippen LogP contribution in [0.15, 0.2) is 158 Å². The van der Waals surface area contributed by atoms with Gasteiger partial charge in [0, 0.05) is 54.5 Å². The third-order valence-corrected chi connectivity index (χ3v) is 13.6. The van der Waals surface area contributed by atoms with Crippen LogP contribution in [0.3, 0.4) is 0 Å². The first-order valence-corrected chi connectivity index (χ1v) is 21.6. The molecule has 61 heavy (non-hydrogen) atoms. The Morgan fingerprint density at radius 1 is 0.410 bits per heavy atom. The van der Waals surface area contributed by atoms with Gasteiger partial charge in [-0.2, -0.15) is 0 Å². The molecule has 0 bridgehead atoms. The highest BCUT2D eigenvalue weighted by molar-refractivity contribution is 6.37. The molecular formula is C57H44N4. The number of aromatic nitrogens is 3. The SMILES string of the molecule is CC(C)(C)c1cc2c3cc4ccccc4cc3n3c4cnc5c(c6cc(C(C)(C)C)cc7c8c9ccccc9cc(N(c9ccccc9)c9ccccc9)c8n5c67)c4c(c1)c23. The molecule has 0 N–H and O–H groups in total. The predicted octanol–water partition coefficient (Wildman–Crippen LogP) is 15.8. The van der Waals surface area contributed by atoms with Gasteiger partial charge in [-0.15, -0.1) is 0 Å². The van der Waals surface area contributed by atoms with Crippen molar-refractivity contribution in [1.82, 2.24) is 13.8 Å². The lowest BCUT2D eigenvalue weighted by molar-refractivity contribution is 0.591. The quantitative estimate of drug-likeness (QED) is 0.178. The number of hydrogen-bond donors (Lipinski definition) is 0. The van der Waals surface area contributed by atoms with Crippen molar-refractivity contribution in [1.29, 1.82) is 0 Å². The molecule has 0 aliphatic rings. The maximum Gasteiger partial charge on any atom is 0.146 e. The highest BCUT2D eigenvalue weighted by Crippen LogP contribution is 2.52. The molecule has 0 saturated heterocycles. The summed E-state index contributed by atoms with van der Waals surface area (Å²) in [4.78, 5) is 8.06. The van der Waals surface area contributed by atoms with Gasteiger partial charge in [0.25, 0.3) is 0 Å². The summed E-state index contributed by atoms with van der Waals surface area (Å²) in [6.45, 7) is 14.1. The van der Waals surface area contributed by atoms with Crippen molar-refractivity contribution in [3.63, 3.8) is 0 Å². The van der Waals surface area contributed by atoms with Crippen molar-refractivity contribution in [3.8, 4) is 0 Å². The third kappa shape index (κ3) is 4.62. The van der Waals surface area contributed by atoms with Crippen LogP contribution in [0.4, 0.5) is 17.1 Å². The molecule has 0 atom stereocenters. The van der Waals surface area contributed by atoms with Gasteiger partial charge in [-0.3, -0.25) is 4.40 Å². The van der Waals surface area contributed by atoms with E-state index in [0.717, 1.165) is 28.2 Å². The van der Waals surface area contributed by atoms with Crippen LogP contribution in [-0.2, 0) is 10.8 Å². The van der Waals surface area contributed by atoms with E-state index in [1.54, 1.807) is 0 Å². The highest BCUT2D eigenvalue weighted by Gasteiger charge is 2.31. The number of fused-ring (bicyclic) bond motifs is 16. The second kappa shape index (κ2) is 11.8. The molecule has 0 saturated carbocycles. The number of hydrogen-bond acceptors (Lipinski definition) is 2. The first-order valence-electron chi connectivity index (χ1n) is 21.6. The lowest BCUT2D eigenvalue weighted by Gasteiger charge is -2.27. The van der Waals surface area contributed by atoms with E-state index in [1.807, 2.05) is 0 Å². The van der Waals surface area contributed by atoms with Crippen LogP contribution in [-0.4, -0.2) is 13.8 Å². The van der Waals surface area contributed by atoms with Crippen molar-refractivity contribution in [2.45, 2.75) is 52.4 Å². The molecule has 4 heteroatoms. The summed E-state index contributed by atoms with van der Waals surface area (Å²) in [6.07, 6.45) is 2.17. The predicted molar refractivity (Wildman–Crippen MR) is 261 cm³/mol. The van der Waals surface area contributed by atoms with Crippen LogP contribution in [0.5, 0.6) is 0 Å². The van der Waals surface area contributed by atoms with Gasteiger partial charge in [-0.1, -0.05) is 126 Å². The van der Waals surface area contributed by atoms with Crippen molar-refractivity contribution in [2.75, 3.05) is 4.90 Å². The number of pyridine rings is 1. The Bertz CT molecular complexity index is 3890. The molecule has 0 radical (unpaired) electrons. The maximum atomic E-state index is 5.62. The van der Waals surface area contributed by atoms with Crippen LogP contribution >= 0.6 is 0 Å². The van der Waals surface area contributed by atoms with Gasteiger partial charge in [0.2, 0.25) is 0 Å². The zero-order valence-electron chi connectivity index (χ0n) is 35.3. The average Bonchev–Trinajstić information content (AvgIpc) is 3.99. The Morgan fingerprint density at radius 2 is 0.934 bits per heavy atom. The van der Waals surface area contributed by atoms with E-state index in [9.17, 15) is 0 Å². The van der Waals surface area contributed by atoms with E-state index in [0.29, 0.717) is 0 Å². The van der Waals surface area contributed by atoms with Crippen LogP contribution in [0.25, 0.3) is 97.9 Å². The van der Waals surface area contributed by atoms with Crippen molar-refractivity contribution in [3.05, 3.63) is 169 Å². The van der Waals surface area contributed by atoms with E-state index in [-0.39, 0.29) is 10.8 Å². The molecule has 4 nitrogen and oxygen atoms in total. The maximum absolute atomic E-state index is 5.62. The molecule has 0 aliphatic carbocycles. The zero-order chi connectivity index (χ0) is 41.1. The zero-order valence-corrected chi connectivity index (χ0v) is 35.3. The van der Waals surface area contributed by atoms with Crippen LogP contribution in [0.2, 0.25) is 0 Å². The Labute approximate surface area is 353 Å². The molecule has 8 aromatic carbocycles. The Hall–Kier alpha value is -7.17. The van der Waals surface area contributed by atoms with Gasteiger partial charge in [0.1, 0.15) is 5.65 Å². The fourth-order valence-electron chi connectivity index (χ4n) is 10.6. The summed E-state index contributed by atoms with van der Waals surface area (Å²) >= 11 is 0. The first-order chi connectivity index (χ1) is 29.5. The summed E-state index contributed by atoms with van der Waals surface area (Å²) in [7, 11) is 0. The molecule has 0 spiro atoms. The summed E-state index contributed by atoms with van der Waals surface area (Å²) in [6, 6.07) is 56.4. The second-order valence-electron chi connectivity index (χ2n) is 19.3. The Kier molecular flexibility index (Phi) is 6.69. The van der Waals surface area contributed by atoms with Crippen molar-refractivity contribution < 1.29 is 0 Å². The van der Waals surface area contributed by atoms with Crippen molar-refractivity contribution in [2.24, 2.45) is 0 Å². The number of nitrogens with zero attached hydrogens (tertiary/aromatic N) is 4. The standard InChI is InChI=1S/C57H44N4/c1-56(2,3)36-28-42-41-25-33-17-13-14-18-34(33)26-46(41)60-48-32-58-55-51(50(48)44(30-36)52(42)60)45-31-37(57(4,5)6)29-43-49-40-24-16-15-19-35(40)27-47(54(49)61(55)53(43)45)59(38-20-9-7-10-21-38)39-22-11-8-12-23-39/h7-32H,1-6H3. The first kappa shape index (κ1) is 34.7. The summed E-state index contributed by atoms with van der Waals surface area (Å²) in [5, 5.41) is 15.2. The van der Waals surface area contributed by atoms with Crippen LogP contribution in [0, 0.1) is 0 Å². The molecule has 13 rings (SSSR count). The van der Waals surface area contributed by atoms with Crippen LogP contribution in [0.1, 0.15) is 52.7 Å². The molecule has 0 unspecified atom stereocenters. The normalized spacial score (nSPS) is 13.1. The van der Waals surface area contributed by atoms with Gasteiger partial charge in [-0.05, 0) is 110 Å². The Morgan fingerprint density at radius 3 is 1.57 bits per heavy atom. The molecular weight excluding hydrogens is 741 g/mol. The number of rotatable bonds is 3. The minimum absolute atomic E-state index is 0.0515. The fraction of sp³-hybridized carbons (Fsp3) is 0.140. The van der Waals surface area contributed by atoms with Crippen molar-refractivity contribution >= 4 is 115 Å². The smallest absolute Gasteiger partial charge is 0.146 e. The molecule has 5 aromatic heterocycles. The minimum atomic E-state index is -0.0945. The molecule has 0 fully saturated rings. The molecule has 0 amide bonds. The molecule has 292 valence electrons. The van der Waals surface area contributed by atoms with E-state index < -0.39 is 0 Å². The number of benzene rings is 8. The second-order valence-corrected chi connectivity index (χ2v) is 19.3. The Balaban J connectivity index is 1.29. The minimum Gasteiger partial charge on any atom is -0.308 e. The average molecular weight is 785 g/mol. The molecule has 5 heterocycles.